The van der Waals surface area contributed by atoms with E-state index in [9.17, 15) is 23.5 Å². The molecule has 1 aromatic rings. The summed E-state index contributed by atoms with van der Waals surface area (Å²) in [6.45, 7) is 0. The number of carbonyl (C=O) groups excluding carboxylic acids is 1. The summed E-state index contributed by atoms with van der Waals surface area (Å²) in [5.74, 6) is -2.21. The van der Waals surface area contributed by atoms with E-state index in [2.05, 4.69) is 0 Å². The summed E-state index contributed by atoms with van der Waals surface area (Å²) >= 11 is 5.32. The van der Waals surface area contributed by atoms with Crippen molar-refractivity contribution in [2.45, 2.75) is 19.0 Å². The van der Waals surface area contributed by atoms with Gasteiger partial charge in [-0.15, -0.1) is 11.6 Å². The van der Waals surface area contributed by atoms with Gasteiger partial charge in [-0.3, -0.25) is 4.79 Å². The highest BCUT2D eigenvalue weighted by Gasteiger charge is 2.20. The number of aliphatic hydroxyl groups excluding tert-OH is 1. The van der Waals surface area contributed by atoms with E-state index < -0.39 is 24.1 Å². The van der Waals surface area contributed by atoms with Crippen LogP contribution in [0.3, 0.4) is 0 Å². The van der Waals surface area contributed by atoms with E-state index in [4.69, 9.17) is 16.7 Å². The van der Waals surface area contributed by atoms with Gasteiger partial charge in [0, 0.05) is 12.0 Å². The number of hydrogen-bond acceptors (Lipinski definition) is 3. The van der Waals surface area contributed by atoms with Crippen molar-refractivity contribution in [1.82, 2.24) is 0 Å². The number of rotatable bonds is 6. The fourth-order valence-corrected chi connectivity index (χ4v) is 1.64. The molecule has 0 heterocycles. The Bertz CT molecular complexity index is 491. The fraction of sp³-hybridized carbons (Fsp3) is 0.333. The SMILES string of the molecule is O=C(CCl)Cc1cc(C(F)F)cc(C(O)C(=O)O)c1. The molecule has 2 N–H and O–H groups in total. The molecular weight excluding hydrogens is 282 g/mol. The van der Waals surface area contributed by atoms with Crippen LogP contribution in [0.25, 0.3) is 0 Å². The zero-order chi connectivity index (χ0) is 14.6. The molecule has 0 radical (unpaired) electrons. The normalized spacial score (nSPS) is 12.5. The lowest BCUT2D eigenvalue weighted by atomic mass is 9.99. The van der Waals surface area contributed by atoms with Gasteiger partial charge in [0.2, 0.25) is 0 Å². The van der Waals surface area contributed by atoms with Gasteiger partial charge >= 0.3 is 5.97 Å². The Morgan fingerprint density at radius 1 is 1.21 bits per heavy atom. The summed E-state index contributed by atoms with van der Waals surface area (Å²) in [6.07, 6.45) is -4.93. The molecule has 1 rings (SSSR count). The molecule has 104 valence electrons. The Morgan fingerprint density at radius 3 is 2.26 bits per heavy atom. The molecule has 19 heavy (non-hydrogen) atoms. The third kappa shape index (κ3) is 4.25. The number of carboxylic acids is 1. The average molecular weight is 293 g/mol. The van der Waals surface area contributed by atoms with Crippen LogP contribution in [0.4, 0.5) is 8.78 Å². The van der Waals surface area contributed by atoms with E-state index in [0.717, 1.165) is 12.1 Å². The van der Waals surface area contributed by atoms with Gasteiger partial charge in [0.15, 0.2) is 11.9 Å². The number of carboxylic acid groups (broad SMARTS) is 1. The molecule has 0 aromatic heterocycles. The van der Waals surface area contributed by atoms with Crippen LogP contribution in [0.5, 0.6) is 0 Å². The van der Waals surface area contributed by atoms with Crippen molar-refractivity contribution in [1.29, 1.82) is 0 Å². The lowest BCUT2D eigenvalue weighted by Crippen LogP contribution is -2.12. The minimum Gasteiger partial charge on any atom is -0.479 e. The Kier molecular flexibility index (Phi) is 5.38. The number of carbonyl (C=O) groups is 2. The molecule has 1 aromatic carbocycles. The van der Waals surface area contributed by atoms with Crippen molar-refractivity contribution in [2.75, 3.05) is 5.88 Å². The number of ketones is 1. The van der Waals surface area contributed by atoms with Crippen LogP contribution in [-0.2, 0) is 16.0 Å². The van der Waals surface area contributed by atoms with E-state index >= 15 is 0 Å². The zero-order valence-corrected chi connectivity index (χ0v) is 10.4. The highest BCUT2D eigenvalue weighted by atomic mass is 35.5. The largest absolute Gasteiger partial charge is 0.479 e. The molecule has 1 unspecified atom stereocenters. The van der Waals surface area contributed by atoms with Crippen LogP contribution in [0.15, 0.2) is 18.2 Å². The van der Waals surface area contributed by atoms with Gasteiger partial charge in [0.05, 0.1) is 5.88 Å². The van der Waals surface area contributed by atoms with Gasteiger partial charge in [0.1, 0.15) is 0 Å². The molecule has 7 heteroatoms. The van der Waals surface area contributed by atoms with E-state index in [1.165, 1.54) is 6.07 Å². The lowest BCUT2D eigenvalue weighted by Gasteiger charge is -2.11. The van der Waals surface area contributed by atoms with E-state index in [0.29, 0.717) is 0 Å². The van der Waals surface area contributed by atoms with Gasteiger partial charge in [0.25, 0.3) is 6.43 Å². The van der Waals surface area contributed by atoms with E-state index in [1.54, 1.807) is 0 Å². The van der Waals surface area contributed by atoms with Gasteiger partial charge in [-0.25, -0.2) is 13.6 Å². The first-order valence-corrected chi connectivity index (χ1v) is 5.79. The first kappa shape index (κ1) is 15.5. The van der Waals surface area contributed by atoms with Crippen LogP contribution in [0.1, 0.15) is 29.2 Å². The summed E-state index contributed by atoms with van der Waals surface area (Å²) < 4.78 is 25.3. The van der Waals surface area contributed by atoms with Crippen LogP contribution in [0.2, 0.25) is 0 Å². The topological polar surface area (TPSA) is 74.6 Å². The number of hydrogen-bond donors (Lipinski definition) is 2. The third-order valence-electron chi connectivity index (χ3n) is 2.39. The summed E-state index contributed by atoms with van der Waals surface area (Å²) in [4.78, 5) is 21.8. The molecule has 0 saturated carbocycles. The third-order valence-corrected chi connectivity index (χ3v) is 2.69. The zero-order valence-electron chi connectivity index (χ0n) is 9.65. The first-order valence-electron chi connectivity index (χ1n) is 5.25. The summed E-state index contributed by atoms with van der Waals surface area (Å²) in [6, 6.07) is 3.19. The number of Topliss-reactive ketones (excluding diaryl/α,β-unsaturated/α-hetero) is 1. The van der Waals surface area contributed by atoms with Crippen molar-refractivity contribution in [3.8, 4) is 0 Å². The second kappa shape index (κ2) is 6.58. The Balaban J connectivity index is 3.17. The second-order valence-electron chi connectivity index (χ2n) is 3.90. The van der Waals surface area contributed by atoms with Crippen LogP contribution in [0, 0.1) is 0 Å². The van der Waals surface area contributed by atoms with Crippen molar-refractivity contribution in [3.05, 3.63) is 34.9 Å². The minimum atomic E-state index is -2.83. The van der Waals surface area contributed by atoms with Crippen LogP contribution in [-0.4, -0.2) is 27.8 Å². The van der Waals surface area contributed by atoms with E-state index in [1.807, 2.05) is 0 Å². The highest BCUT2D eigenvalue weighted by molar-refractivity contribution is 6.27. The second-order valence-corrected chi connectivity index (χ2v) is 4.17. The summed E-state index contributed by atoms with van der Waals surface area (Å²) in [7, 11) is 0. The fourth-order valence-electron chi connectivity index (χ4n) is 1.55. The number of alkyl halides is 3. The molecule has 1 atom stereocenters. The maximum atomic E-state index is 12.7. The van der Waals surface area contributed by atoms with Gasteiger partial charge in [-0.05, 0) is 23.3 Å². The number of aliphatic carboxylic acids is 1. The molecule has 0 aliphatic rings. The van der Waals surface area contributed by atoms with Gasteiger partial charge < -0.3 is 10.2 Å². The maximum Gasteiger partial charge on any atom is 0.337 e. The predicted octanol–water partition coefficient (Wildman–Crippen LogP) is 2.09. The molecule has 4 nitrogen and oxygen atoms in total. The maximum absolute atomic E-state index is 12.7. The number of halogens is 3. The number of aliphatic hydroxyl groups is 1. The van der Waals surface area contributed by atoms with E-state index in [-0.39, 0.29) is 29.2 Å². The van der Waals surface area contributed by atoms with Crippen molar-refractivity contribution < 1.29 is 28.6 Å². The summed E-state index contributed by atoms with van der Waals surface area (Å²) in [5.41, 5.74) is -0.448. The monoisotopic (exact) mass is 292 g/mol. The molecule has 0 saturated heterocycles. The molecule has 0 fully saturated rings. The molecule has 0 aliphatic heterocycles. The quantitative estimate of drug-likeness (QED) is 0.787. The van der Waals surface area contributed by atoms with Crippen LogP contribution >= 0.6 is 11.6 Å². The first-order chi connectivity index (χ1) is 8.85. The van der Waals surface area contributed by atoms with Crippen molar-refractivity contribution in [2.24, 2.45) is 0 Å². The average Bonchev–Trinajstić information content (AvgIpc) is 2.36. The van der Waals surface area contributed by atoms with Crippen molar-refractivity contribution in [3.63, 3.8) is 0 Å². The predicted molar refractivity (Wildman–Crippen MR) is 63.4 cm³/mol. The van der Waals surface area contributed by atoms with Gasteiger partial charge in [-0.1, -0.05) is 6.07 Å². The minimum absolute atomic E-state index is 0.191. The Labute approximate surface area is 112 Å². The Hall–Kier alpha value is -1.53. The molecule has 0 spiro atoms. The lowest BCUT2D eigenvalue weighted by molar-refractivity contribution is -0.147. The molecule has 0 amide bonds. The molecular formula is C12H11ClF2O4. The number of benzene rings is 1. The smallest absolute Gasteiger partial charge is 0.337 e. The summed E-state index contributed by atoms with van der Waals surface area (Å²) in [5, 5.41) is 18.0. The molecule has 0 aliphatic carbocycles. The van der Waals surface area contributed by atoms with Crippen molar-refractivity contribution >= 4 is 23.4 Å². The highest BCUT2D eigenvalue weighted by Crippen LogP contribution is 2.25. The van der Waals surface area contributed by atoms with Gasteiger partial charge in [-0.2, -0.15) is 0 Å². The van der Waals surface area contributed by atoms with Crippen LogP contribution < -0.4 is 0 Å². The standard InChI is InChI=1S/C12H11ClF2O4/c13-5-9(16)3-6-1-7(10(17)12(18)19)4-8(2-6)11(14)15/h1-2,4,10-11,17H,3,5H2,(H,18,19). The molecule has 0 bridgehead atoms. The Morgan fingerprint density at radius 2 is 1.79 bits per heavy atom.